The average molecular weight is 304 g/mol. The van der Waals surface area contributed by atoms with Crippen molar-refractivity contribution in [3.05, 3.63) is 42.1 Å². The molecule has 2 aromatic rings. The molecule has 2 heterocycles. The molecule has 112 valence electrons. The lowest BCUT2D eigenvalue weighted by Gasteiger charge is -2.27. The van der Waals surface area contributed by atoms with Crippen LogP contribution in [0.25, 0.3) is 10.9 Å². The van der Waals surface area contributed by atoms with Crippen LogP contribution in [-0.4, -0.2) is 30.4 Å². The van der Waals surface area contributed by atoms with Crippen LogP contribution < -0.4 is 5.73 Å². The normalized spacial score (nSPS) is 23.0. The fourth-order valence-electron chi connectivity index (χ4n) is 3.18. The van der Waals surface area contributed by atoms with E-state index in [0.29, 0.717) is 12.8 Å². The molecular weight excluding hydrogens is 284 g/mol. The fourth-order valence-corrected chi connectivity index (χ4v) is 5.24. The van der Waals surface area contributed by atoms with Crippen LogP contribution in [0.2, 0.25) is 0 Å². The van der Waals surface area contributed by atoms with Crippen LogP contribution in [-0.2, 0) is 16.3 Å². The Kier molecular flexibility index (Phi) is 3.95. The van der Waals surface area contributed by atoms with Crippen molar-refractivity contribution in [3.63, 3.8) is 0 Å². The lowest BCUT2D eigenvalue weighted by molar-refractivity contribution is 0.495. The number of nitrogens with zero attached hydrogens (tertiary/aromatic N) is 1. The first-order valence-corrected chi connectivity index (χ1v) is 9.09. The summed E-state index contributed by atoms with van der Waals surface area (Å²) in [5.74, 6) is 0.280. The van der Waals surface area contributed by atoms with Crippen LogP contribution in [0.15, 0.2) is 36.5 Å². The third kappa shape index (κ3) is 2.94. The first kappa shape index (κ1) is 14.5. The SMILES string of the molecule is NC(Cc1ccnc2ccccc12)C1CCCCS1(=O)=O. The number of aromatic nitrogens is 1. The molecule has 0 radical (unpaired) electrons. The smallest absolute Gasteiger partial charge is 0.154 e. The lowest BCUT2D eigenvalue weighted by atomic mass is 9.98. The number of fused-ring (bicyclic) bond motifs is 1. The molecule has 0 spiro atoms. The van der Waals surface area contributed by atoms with Crippen molar-refractivity contribution in [3.8, 4) is 0 Å². The van der Waals surface area contributed by atoms with E-state index in [1.165, 1.54) is 0 Å². The van der Waals surface area contributed by atoms with E-state index in [1.54, 1.807) is 6.20 Å². The molecular formula is C16H20N2O2S. The number of sulfone groups is 1. The number of hydrogen-bond donors (Lipinski definition) is 1. The Balaban J connectivity index is 1.88. The van der Waals surface area contributed by atoms with Gasteiger partial charge in [0.05, 0.1) is 16.5 Å². The van der Waals surface area contributed by atoms with Crippen LogP contribution in [0.5, 0.6) is 0 Å². The molecule has 2 atom stereocenters. The highest BCUT2D eigenvalue weighted by Crippen LogP contribution is 2.25. The maximum absolute atomic E-state index is 12.2. The van der Waals surface area contributed by atoms with Crippen LogP contribution in [0.4, 0.5) is 0 Å². The lowest BCUT2D eigenvalue weighted by Crippen LogP contribution is -2.44. The van der Waals surface area contributed by atoms with E-state index in [2.05, 4.69) is 4.98 Å². The summed E-state index contributed by atoms with van der Waals surface area (Å²) < 4.78 is 24.4. The summed E-state index contributed by atoms with van der Waals surface area (Å²) in [4.78, 5) is 4.33. The maximum Gasteiger partial charge on any atom is 0.154 e. The molecule has 2 N–H and O–H groups in total. The van der Waals surface area contributed by atoms with E-state index >= 15 is 0 Å². The molecule has 1 aliphatic heterocycles. The van der Waals surface area contributed by atoms with E-state index in [-0.39, 0.29) is 11.8 Å². The Hall–Kier alpha value is -1.46. The molecule has 0 bridgehead atoms. The van der Waals surface area contributed by atoms with E-state index in [9.17, 15) is 8.42 Å². The van der Waals surface area contributed by atoms with Gasteiger partial charge < -0.3 is 5.73 Å². The first-order chi connectivity index (χ1) is 10.1. The quantitative estimate of drug-likeness (QED) is 0.942. The van der Waals surface area contributed by atoms with Gasteiger partial charge in [0.25, 0.3) is 0 Å². The highest BCUT2D eigenvalue weighted by Gasteiger charge is 2.33. The number of hydrogen-bond acceptors (Lipinski definition) is 4. The van der Waals surface area contributed by atoms with Gasteiger partial charge in [-0.05, 0) is 37.0 Å². The van der Waals surface area contributed by atoms with Crippen molar-refractivity contribution in [1.29, 1.82) is 0 Å². The summed E-state index contributed by atoms with van der Waals surface area (Å²) in [5.41, 5.74) is 8.25. The third-order valence-electron chi connectivity index (χ3n) is 4.30. The molecule has 1 aromatic heterocycles. The maximum atomic E-state index is 12.2. The molecule has 1 fully saturated rings. The van der Waals surface area contributed by atoms with E-state index < -0.39 is 15.1 Å². The van der Waals surface area contributed by atoms with E-state index in [1.807, 2.05) is 30.3 Å². The van der Waals surface area contributed by atoms with Crippen molar-refractivity contribution in [2.24, 2.45) is 5.73 Å². The van der Waals surface area contributed by atoms with Crippen molar-refractivity contribution in [2.75, 3.05) is 5.75 Å². The number of benzene rings is 1. The number of pyridine rings is 1. The molecule has 0 amide bonds. The number of para-hydroxylation sites is 1. The molecule has 5 heteroatoms. The fraction of sp³-hybridized carbons (Fsp3) is 0.438. The Morgan fingerprint density at radius 3 is 2.86 bits per heavy atom. The predicted molar refractivity (Wildman–Crippen MR) is 84.8 cm³/mol. The summed E-state index contributed by atoms with van der Waals surface area (Å²) in [6.07, 6.45) is 4.75. The van der Waals surface area contributed by atoms with Gasteiger partial charge in [0.1, 0.15) is 0 Å². The topological polar surface area (TPSA) is 73.0 Å². The summed E-state index contributed by atoms with van der Waals surface area (Å²) in [5, 5.41) is 0.654. The zero-order valence-corrected chi connectivity index (χ0v) is 12.7. The van der Waals surface area contributed by atoms with E-state index in [4.69, 9.17) is 5.73 Å². The standard InChI is InChI=1S/C16H20N2O2S/c17-14(16-7-3-4-10-21(16,19)20)11-12-8-9-18-15-6-2-1-5-13(12)15/h1-2,5-6,8-9,14,16H,3-4,7,10-11,17H2. The van der Waals surface area contributed by atoms with Crippen molar-refractivity contribution >= 4 is 20.7 Å². The minimum atomic E-state index is -3.04. The molecule has 4 nitrogen and oxygen atoms in total. The molecule has 3 rings (SSSR count). The van der Waals surface area contributed by atoms with Crippen LogP contribution in [0, 0.1) is 0 Å². The predicted octanol–water partition coefficient (Wildman–Crippen LogP) is 2.07. The average Bonchev–Trinajstić information content (AvgIpc) is 2.47. The first-order valence-electron chi connectivity index (χ1n) is 7.38. The van der Waals surface area contributed by atoms with Gasteiger partial charge in [-0.1, -0.05) is 24.6 Å². The van der Waals surface area contributed by atoms with Gasteiger partial charge in [-0.2, -0.15) is 0 Å². The van der Waals surface area contributed by atoms with Crippen LogP contribution in [0.1, 0.15) is 24.8 Å². The van der Waals surface area contributed by atoms with Crippen LogP contribution >= 0.6 is 0 Å². The Labute approximate surface area is 125 Å². The monoisotopic (exact) mass is 304 g/mol. The minimum Gasteiger partial charge on any atom is -0.326 e. The van der Waals surface area contributed by atoms with E-state index in [0.717, 1.165) is 29.3 Å². The molecule has 0 aliphatic carbocycles. The Bertz CT molecular complexity index is 738. The number of rotatable bonds is 3. The Morgan fingerprint density at radius 2 is 2.05 bits per heavy atom. The highest BCUT2D eigenvalue weighted by atomic mass is 32.2. The highest BCUT2D eigenvalue weighted by molar-refractivity contribution is 7.92. The van der Waals surface area contributed by atoms with Gasteiger partial charge in [-0.3, -0.25) is 4.98 Å². The van der Waals surface area contributed by atoms with Gasteiger partial charge in [0, 0.05) is 17.6 Å². The summed E-state index contributed by atoms with van der Waals surface area (Å²) in [6.45, 7) is 0. The van der Waals surface area contributed by atoms with Gasteiger partial charge >= 0.3 is 0 Å². The summed E-state index contributed by atoms with van der Waals surface area (Å²) in [6, 6.07) is 9.49. The zero-order valence-electron chi connectivity index (χ0n) is 11.9. The zero-order chi connectivity index (χ0) is 14.9. The summed E-state index contributed by atoms with van der Waals surface area (Å²) >= 11 is 0. The minimum absolute atomic E-state index is 0.280. The van der Waals surface area contributed by atoms with Crippen molar-refractivity contribution in [1.82, 2.24) is 4.98 Å². The number of nitrogens with two attached hydrogens (primary N) is 1. The van der Waals surface area contributed by atoms with Gasteiger partial charge in [-0.25, -0.2) is 8.42 Å². The largest absolute Gasteiger partial charge is 0.326 e. The van der Waals surface area contributed by atoms with Gasteiger partial charge in [-0.15, -0.1) is 0 Å². The molecule has 2 unspecified atom stereocenters. The van der Waals surface area contributed by atoms with Gasteiger partial charge in [0.2, 0.25) is 0 Å². The second-order valence-electron chi connectivity index (χ2n) is 5.76. The molecule has 1 saturated heterocycles. The molecule has 1 aliphatic rings. The Morgan fingerprint density at radius 1 is 1.24 bits per heavy atom. The van der Waals surface area contributed by atoms with Crippen molar-refractivity contribution in [2.45, 2.75) is 37.0 Å². The summed E-state index contributed by atoms with van der Waals surface area (Å²) in [7, 11) is -3.04. The molecule has 1 aromatic carbocycles. The van der Waals surface area contributed by atoms with Gasteiger partial charge in [0.15, 0.2) is 9.84 Å². The molecule has 0 saturated carbocycles. The molecule has 21 heavy (non-hydrogen) atoms. The second-order valence-corrected chi connectivity index (χ2v) is 8.10. The van der Waals surface area contributed by atoms with Crippen LogP contribution in [0.3, 0.4) is 0 Å². The second kappa shape index (κ2) is 5.73. The third-order valence-corrected chi connectivity index (χ3v) is 6.67. The van der Waals surface area contributed by atoms with Crippen molar-refractivity contribution < 1.29 is 8.42 Å².